The van der Waals surface area contributed by atoms with E-state index in [2.05, 4.69) is 0 Å². The summed E-state index contributed by atoms with van der Waals surface area (Å²) < 4.78 is 18.0. The molecular weight excluding hydrogens is 283 g/mol. The number of hydrogen-bond acceptors (Lipinski definition) is 3. The van der Waals surface area contributed by atoms with E-state index in [1.807, 2.05) is 0 Å². The smallest absolute Gasteiger partial charge is 0.227 e. The van der Waals surface area contributed by atoms with Crippen LogP contribution in [0.5, 0.6) is 0 Å². The van der Waals surface area contributed by atoms with Gasteiger partial charge in [-0.2, -0.15) is 0 Å². The van der Waals surface area contributed by atoms with Gasteiger partial charge in [0.05, 0.1) is 6.61 Å². The van der Waals surface area contributed by atoms with Crippen LogP contribution in [0.25, 0.3) is 0 Å². The maximum Gasteiger partial charge on any atom is 0.227 e. The predicted molar refractivity (Wildman–Crippen MR) is 76.9 cm³/mol. The highest BCUT2D eigenvalue weighted by molar-refractivity contribution is 6.31. The van der Waals surface area contributed by atoms with Crippen molar-refractivity contribution in [1.29, 1.82) is 0 Å². The van der Waals surface area contributed by atoms with Gasteiger partial charge >= 0.3 is 0 Å². The third-order valence-electron chi connectivity index (χ3n) is 3.03. The lowest BCUT2D eigenvalue weighted by molar-refractivity contribution is -0.136. The van der Waals surface area contributed by atoms with E-state index in [0.29, 0.717) is 30.3 Å². The number of carbonyl (C=O) groups excluding carboxylic acids is 1. The minimum atomic E-state index is -0.399. The molecule has 20 heavy (non-hydrogen) atoms. The Labute approximate surface area is 123 Å². The SMILES string of the molecule is COCCN(Cc1ccc(F)cc1Cl)C(=O)C(C)CN. The molecule has 0 aromatic heterocycles. The molecule has 0 spiro atoms. The maximum absolute atomic E-state index is 13.0. The molecule has 0 heterocycles. The second-order valence-corrected chi connectivity index (χ2v) is 5.03. The van der Waals surface area contributed by atoms with Crippen LogP contribution in [0.15, 0.2) is 18.2 Å². The van der Waals surface area contributed by atoms with E-state index in [4.69, 9.17) is 22.1 Å². The van der Waals surface area contributed by atoms with Gasteiger partial charge < -0.3 is 15.4 Å². The molecule has 4 nitrogen and oxygen atoms in total. The minimum Gasteiger partial charge on any atom is -0.383 e. The fourth-order valence-corrected chi connectivity index (χ4v) is 1.96. The molecule has 0 aliphatic carbocycles. The van der Waals surface area contributed by atoms with Gasteiger partial charge in [0.2, 0.25) is 5.91 Å². The average Bonchev–Trinajstić information content (AvgIpc) is 2.44. The molecule has 0 saturated heterocycles. The van der Waals surface area contributed by atoms with Crippen molar-refractivity contribution in [3.05, 3.63) is 34.6 Å². The van der Waals surface area contributed by atoms with Gasteiger partial charge in [-0.1, -0.05) is 24.6 Å². The third kappa shape index (κ3) is 4.74. The first-order chi connectivity index (χ1) is 9.49. The molecule has 0 radical (unpaired) electrons. The molecule has 1 amide bonds. The summed E-state index contributed by atoms with van der Waals surface area (Å²) >= 11 is 5.99. The molecule has 0 saturated carbocycles. The topological polar surface area (TPSA) is 55.6 Å². The molecule has 6 heteroatoms. The van der Waals surface area contributed by atoms with E-state index in [1.165, 1.54) is 12.1 Å². The number of methoxy groups -OCH3 is 1. The molecule has 1 rings (SSSR count). The van der Waals surface area contributed by atoms with Crippen LogP contribution in [0.1, 0.15) is 12.5 Å². The molecule has 112 valence electrons. The Hall–Kier alpha value is -1.17. The first-order valence-corrected chi connectivity index (χ1v) is 6.79. The highest BCUT2D eigenvalue weighted by atomic mass is 35.5. The monoisotopic (exact) mass is 302 g/mol. The number of nitrogens with zero attached hydrogens (tertiary/aromatic N) is 1. The van der Waals surface area contributed by atoms with Crippen molar-refractivity contribution in [1.82, 2.24) is 4.90 Å². The lowest BCUT2D eigenvalue weighted by Crippen LogP contribution is -2.39. The molecule has 1 atom stereocenters. The molecule has 1 aromatic carbocycles. The lowest BCUT2D eigenvalue weighted by atomic mass is 10.1. The van der Waals surface area contributed by atoms with E-state index in [-0.39, 0.29) is 18.4 Å². The zero-order valence-corrected chi connectivity index (χ0v) is 12.5. The largest absolute Gasteiger partial charge is 0.383 e. The first-order valence-electron chi connectivity index (χ1n) is 6.41. The second-order valence-electron chi connectivity index (χ2n) is 4.63. The van der Waals surface area contributed by atoms with E-state index >= 15 is 0 Å². The number of halogens is 2. The Morgan fingerprint density at radius 3 is 2.80 bits per heavy atom. The van der Waals surface area contributed by atoms with Gasteiger partial charge in [0, 0.05) is 37.7 Å². The molecule has 2 N–H and O–H groups in total. The zero-order valence-electron chi connectivity index (χ0n) is 11.7. The summed E-state index contributed by atoms with van der Waals surface area (Å²) in [5.41, 5.74) is 6.22. The van der Waals surface area contributed by atoms with Crippen LogP contribution in [0.4, 0.5) is 4.39 Å². The summed E-state index contributed by atoms with van der Waals surface area (Å²) in [6.45, 7) is 3.22. The van der Waals surface area contributed by atoms with Crippen molar-refractivity contribution in [3.8, 4) is 0 Å². The summed E-state index contributed by atoms with van der Waals surface area (Å²) in [4.78, 5) is 13.9. The Kier molecular flexibility index (Phi) is 6.91. The number of nitrogens with two attached hydrogens (primary N) is 1. The van der Waals surface area contributed by atoms with Gasteiger partial charge in [-0.25, -0.2) is 4.39 Å². The van der Waals surface area contributed by atoms with Crippen molar-refractivity contribution in [2.45, 2.75) is 13.5 Å². The van der Waals surface area contributed by atoms with Gasteiger partial charge in [0.15, 0.2) is 0 Å². The van der Waals surface area contributed by atoms with Gasteiger partial charge in [0.25, 0.3) is 0 Å². The maximum atomic E-state index is 13.0. The number of ether oxygens (including phenoxy) is 1. The third-order valence-corrected chi connectivity index (χ3v) is 3.38. The van der Waals surface area contributed by atoms with Gasteiger partial charge in [0.1, 0.15) is 5.82 Å². The Bertz CT molecular complexity index is 457. The molecule has 0 aliphatic heterocycles. The Balaban J connectivity index is 2.85. The first kappa shape index (κ1) is 16.9. The molecule has 1 aromatic rings. The van der Waals surface area contributed by atoms with Crippen LogP contribution < -0.4 is 5.73 Å². The van der Waals surface area contributed by atoms with E-state index in [9.17, 15) is 9.18 Å². The standard InChI is InChI=1S/C14H20ClFN2O2/c1-10(8-17)14(19)18(5-6-20-2)9-11-3-4-12(16)7-13(11)15/h3-4,7,10H,5-6,8-9,17H2,1-2H3. The number of carbonyl (C=O) groups is 1. The summed E-state index contributed by atoms with van der Waals surface area (Å²) in [5, 5.41) is 0.306. The summed E-state index contributed by atoms with van der Waals surface area (Å²) in [5.74, 6) is -0.736. The second kappa shape index (κ2) is 8.19. The van der Waals surface area contributed by atoms with Crippen LogP contribution in [-0.2, 0) is 16.1 Å². The van der Waals surface area contributed by atoms with Crippen molar-refractivity contribution in [2.75, 3.05) is 26.8 Å². The minimum absolute atomic E-state index is 0.0649. The fourth-order valence-electron chi connectivity index (χ4n) is 1.74. The highest BCUT2D eigenvalue weighted by Crippen LogP contribution is 2.19. The normalized spacial score (nSPS) is 12.2. The van der Waals surface area contributed by atoms with Gasteiger partial charge in [-0.15, -0.1) is 0 Å². The van der Waals surface area contributed by atoms with E-state index in [0.717, 1.165) is 0 Å². The summed E-state index contributed by atoms with van der Waals surface area (Å²) in [6, 6.07) is 4.15. The number of benzene rings is 1. The molecule has 0 fully saturated rings. The Morgan fingerprint density at radius 2 is 2.25 bits per heavy atom. The van der Waals surface area contributed by atoms with Crippen LogP contribution in [0.2, 0.25) is 5.02 Å². The van der Waals surface area contributed by atoms with Crippen LogP contribution in [-0.4, -0.2) is 37.6 Å². The van der Waals surface area contributed by atoms with Crippen molar-refractivity contribution in [3.63, 3.8) is 0 Å². The molecule has 0 bridgehead atoms. The lowest BCUT2D eigenvalue weighted by Gasteiger charge is -2.25. The number of hydrogen-bond donors (Lipinski definition) is 1. The van der Waals surface area contributed by atoms with E-state index in [1.54, 1.807) is 25.0 Å². The quantitative estimate of drug-likeness (QED) is 0.838. The number of amides is 1. The highest BCUT2D eigenvalue weighted by Gasteiger charge is 2.20. The summed E-state index contributed by atoms with van der Waals surface area (Å²) in [6.07, 6.45) is 0. The van der Waals surface area contributed by atoms with Crippen LogP contribution in [0, 0.1) is 11.7 Å². The molecular formula is C14H20ClFN2O2. The van der Waals surface area contributed by atoms with Gasteiger partial charge in [-0.3, -0.25) is 4.79 Å². The van der Waals surface area contributed by atoms with Crippen molar-refractivity contribution >= 4 is 17.5 Å². The van der Waals surface area contributed by atoms with E-state index < -0.39 is 5.82 Å². The van der Waals surface area contributed by atoms with Crippen LogP contribution in [0.3, 0.4) is 0 Å². The zero-order chi connectivity index (χ0) is 15.1. The molecule has 1 unspecified atom stereocenters. The Morgan fingerprint density at radius 1 is 1.55 bits per heavy atom. The fraction of sp³-hybridized carbons (Fsp3) is 0.500. The van der Waals surface area contributed by atoms with Crippen molar-refractivity contribution < 1.29 is 13.9 Å². The van der Waals surface area contributed by atoms with Gasteiger partial charge in [-0.05, 0) is 17.7 Å². The van der Waals surface area contributed by atoms with Crippen LogP contribution >= 0.6 is 11.6 Å². The van der Waals surface area contributed by atoms with Crippen molar-refractivity contribution in [2.24, 2.45) is 11.7 Å². The predicted octanol–water partition coefficient (Wildman–Crippen LogP) is 2.05. The summed E-state index contributed by atoms with van der Waals surface area (Å²) in [7, 11) is 1.57. The molecule has 0 aliphatic rings. The average molecular weight is 303 g/mol. The number of rotatable bonds is 7.